The molecule has 32 heavy (non-hydrogen) atoms. The summed E-state index contributed by atoms with van der Waals surface area (Å²) in [5.74, 6) is -0.715. The topological polar surface area (TPSA) is 120 Å². The second kappa shape index (κ2) is 11.8. The van der Waals surface area contributed by atoms with Gasteiger partial charge in [-0.15, -0.1) is 0 Å². The number of pyridine rings is 1. The molecule has 2 aromatic rings. The van der Waals surface area contributed by atoms with Crippen LogP contribution in [0.15, 0.2) is 42.5 Å². The Kier molecular flexibility index (Phi) is 8.60. The van der Waals surface area contributed by atoms with E-state index < -0.39 is 17.9 Å². The Morgan fingerprint density at radius 3 is 2.69 bits per heavy atom. The van der Waals surface area contributed by atoms with Gasteiger partial charge in [-0.25, -0.2) is 9.78 Å². The van der Waals surface area contributed by atoms with Crippen LogP contribution in [-0.2, 0) is 22.4 Å². The molecule has 1 aromatic heterocycles. The summed E-state index contributed by atoms with van der Waals surface area (Å²) in [5, 5.41) is 17.9. The van der Waals surface area contributed by atoms with Crippen molar-refractivity contribution in [1.29, 1.82) is 0 Å². The lowest BCUT2D eigenvalue weighted by molar-refractivity contribution is -0.139. The Labute approximate surface area is 187 Å². The molecule has 1 unspecified atom stereocenters. The molecule has 1 atom stereocenters. The molecule has 2 amide bonds. The van der Waals surface area contributed by atoms with Gasteiger partial charge < -0.3 is 21.1 Å². The summed E-state index contributed by atoms with van der Waals surface area (Å²) in [6.45, 7) is 1.14. The molecule has 2 heterocycles. The summed E-state index contributed by atoms with van der Waals surface area (Å²) >= 11 is 0. The normalized spacial score (nSPS) is 13.4. The Morgan fingerprint density at radius 1 is 1.09 bits per heavy atom. The Hall–Kier alpha value is -3.42. The number of hydrogen-bond acceptors (Lipinski definition) is 5. The number of carbonyl (C=O) groups is 3. The molecule has 0 aliphatic carbocycles. The van der Waals surface area contributed by atoms with Gasteiger partial charge in [-0.1, -0.05) is 24.3 Å². The van der Waals surface area contributed by atoms with Crippen molar-refractivity contribution in [3.8, 4) is 0 Å². The first kappa shape index (κ1) is 23.2. The number of benzene rings is 1. The van der Waals surface area contributed by atoms with E-state index in [9.17, 15) is 19.5 Å². The molecule has 0 saturated carbocycles. The van der Waals surface area contributed by atoms with Gasteiger partial charge in [0.05, 0.1) is 0 Å². The molecule has 0 spiro atoms. The van der Waals surface area contributed by atoms with Crippen LogP contribution in [-0.4, -0.2) is 47.0 Å². The minimum absolute atomic E-state index is 0.117. The first-order valence-electron chi connectivity index (χ1n) is 11.1. The lowest BCUT2D eigenvalue weighted by Crippen LogP contribution is -2.43. The molecule has 4 N–H and O–H groups in total. The third kappa shape index (κ3) is 7.08. The number of nitrogens with zero attached hydrogens (tertiary/aromatic N) is 1. The molecular weight excluding hydrogens is 408 g/mol. The molecule has 1 aliphatic rings. The molecule has 3 rings (SSSR count). The van der Waals surface area contributed by atoms with Gasteiger partial charge in [0.2, 0.25) is 5.91 Å². The van der Waals surface area contributed by atoms with E-state index in [1.807, 2.05) is 0 Å². The zero-order valence-electron chi connectivity index (χ0n) is 18.1. The van der Waals surface area contributed by atoms with E-state index in [1.54, 1.807) is 30.3 Å². The van der Waals surface area contributed by atoms with Gasteiger partial charge in [-0.3, -0.25) is 9.59 Å². The number of carboxylic acids is 1. The smallest absolute Gasteiger partial charge is 0.326 e. The van der Waals surface area contributed by atoms with E-state index in [4.69, 9.17) is 0 Å². The average molecular weight is 439 g/mol. The SMILES string of the molecule is O=C(CCCCc1ccc2c(n1)NCCC2)NCCC(NC(=O)c1ccccc1)C(=O)O. The number of carbonyl (C=O) groups excluding carboxylic acids is 2. The van der Waals surface area contributed by atoms with Gasteiger partial charge in [-0.2, -0.15) is 0 Å². The lowest BCUT2D eigenvalue weighted by Gasteiger charge is -2.17. The first-order valence-corrected chi connectivity index (χ1v) is 11.1. The molecule has 0 bridgehead atoms. The quantitative estimate of drug-likeness (QED) is 0.400. The van der Waals surface area contributed by atoms with Crippen LogP contribution in [0.25, 0.3) is 0 Å². The summed E-state index contributed by atoms with van der Waals surface area (Å²) in [6, 6.07) is 11.6. The lowest BCUT2D eigenvalue weighted by atomic mass is 10.1. The van der Waals surface area contributed by atoms with Gasteiger partial charge >= 0.3 is 5.97 Å². The molecule has 8 heteroatoms. The van der Waals surface area contributed by atoms with E-state index in [0.717, 1.165) is 50.2 Å². The zero-order valence-corrected chi connectivity index (χ0v) is 18.1. The molecule has 0 radical (unpaired) electrons. The van der Waals surface area contributed by atoms with Crippen LogP contribution in [0.2, 0.25) is 0 Å². The van der Waals surface area contributed by atoms with Crippen molar-refractivity contribution < 1.29 is 19.5 Å². The van der Waals surface area contributed by atoms with Crippen LogP contribution in [0.4, 0.5) is 5.82 Å². The second-order valence-corrected chi connectivity index (χ2v) is 7.92. The maximum Gasteiger partial charge on any atom is 0.326 e. The fraction of sp³-hybridized carbons (Fsp3) is 0.417. The maximum absolute atomic E-state index is 12.2. The van der Waals surface area contributed by atoms with E-state index in [0.29, 0.717) is 12.0 Å². The highest BCUT2D eigenvalue weighted by atomic mass is 16.4. The number of aryl methyl sites for hydroxylation is 2. The van der Waals surface area contributed by atoms with Gasteiger partial charge in [0.15, 0.2) is 0 Å². The molecule has 1 aliphatic heterocycles. The van der Waals surface area contributed by atoms with Crippen LogP contribution >= 0.6 is 0 Å². The molecule has 0 fully saturated rings. The number of unbranched alkanes of at least 4 members (excludes halogenated alkanes) is 1. The van der Waals surface area contributed by atoms with Crippen molar-refractivity contribution >= 4 is 23.6 Å². The largest absolute Gasteiger partial charge is 0.480 e. The second-order valence-electron chi connectivity index (χ2n) is 7.92. The van der Waals surface area contributed by atoms with Gasteiger partial charge in [0.1, 0.15) is 11.9 Å². The highest BCUT2D eigenvalue weighted by Crippen LogP contribution is 2.20. The van der Waals surface area contributed by atoms with Crippen molar-refractivity contribution in [2.75, 3.05) is 18.4 Å². The summed E-state index contributed by atoms with van der Waals surface area (Å²) in [7, 11) is 0. The van der Waals surface area contributed by atoms with Crippen LogP contribution in [0.5, 0.6) is 0 Å². The van der Waals surface area contributed by atoms with E-state index in [2.05, 4.69) is 33.1 Å². The number of aromatic nitrogens is 1. The number of fused-ring (bicyclic) bond motifs is 1. The van der Waals surface area contributed by atoms with Gasteiger partial charge in [0, 0.05) is 30.8 Å². The fourth-order valence-corrected chi connectivity index (χ4v) is 3.63. The van der Waals surface area contributed by atoms with Crippen molar-refractivity contribution in [3.63, 3.8) is 0 Å². The third-order valence-corrected chi connectivity index (χ3v) is 5.43. The number of amides is 2. The summed E-state index contributed by atoms with van der Waals surface area (Å²) in [5.41, 5.74) is 2.68. The number of aliphatic carboxylic acids is 1. The molecule has 170 valence electrons. The third-order valence-electron chi connectivity index (χ3n) is 5.43. The predicted molar refractivity (Wildman–Crippen MR) is 122 cm³/mol. The molecule has 8 nitrogen and oxygen atoms in total. The zero-order chi connectivity index (χ0) is 22.8. The Morgan fingerprint density at radius 2 is 1.91 bits per heavy atom. The summed E-state index contributed by atoms with van der Waals surface area (Å²) in [6.07, 6.45) is 5.08. The van der Waals surface area contributed by atoms with E-state index in [1.165, 1.54) is 5.56 Å². The number of anilines is 1. The van der Waals surface area contributed by atoms with Crippen molar-refractivity contribution in [2.45, 2.75) is 51.0 Å². The monoisotopic (exact) mass is 438 g/mol. The molecule has 1 aromatic carbocycles. The van der Waals surface area contributed by atoms with E-state index in [-0.39, 0.29) is 18.9 Å². The summed E-state index contributed by atoms with van der Waals surface area (Å²) in [4.78, 5) is 40.3. The maximum atomic E-state index is 12.2. The van der Waals surface area contributed by atoms with Crippen molar-refractivity contribution in [3.05, 3.63) is 59.3 Å². The molecular formula is C24H30N4O4. The highest BCUT2D eigenvalue weighted by Gasteiger charge is 2.20. The average Bonchev–Trinajstić information content (AvgIpc) is 2.81. The number of hydrogen-bond donors (Lipinski definition) is 4. The number of rotatable bonds is 11. The van der Waals surface area contributed by atoms with Gasteiger partial charge in [0.25, 0.3) is 5.91 Å². The molecule has 0 saturated heterocycles. The Bertz CT molecular complexity index is 933. The number of nitrogens with one attached hydrogen (secondary N) is 3. The van der Waals surface area contributed by atoms with Gasteiger partial charge in [-0.05, 0) is 62.3 Å². The number of carboxylic acid groups (broad SMARTS) is 1. The van der Waals surface area contributed by atoms with Crippen LogP contribution < -0.4 is 16.0 Å². The highest BCUT2D eigenvalue weighted by molar-refractivity contribution is 5.96. The van der Waals surface area contributed by atoms with E-state index >= 15 is 0 Å². The minimum atomic E-state index is -1.13. The fourth-order valence-electron chi connectivity index (χ4n) is 3.63. The predicted octanol–water partition coefficient (Wildman–Crippen LogP) is 2.54. The van der Waals surface area contributed by atoms with Crippen LogP contribution in [0, 0.1) is 0 Å². The van der Waals surface area contributed by atoms with Crippen molar-refractivity contribution in [2.24, 2.45) is 0 Å². The van der Waals surface area contributed by atoms with Crippen LogP contribution in [0.3, 0.4) is 0 Å². The minimum Gasteiger partial charge on any atom is -0.480 e. The Balaban J connectivity index is 1.33. The first-order chi connectivity index (χ1) is 15.5. The van der Waals surface area contributed by atoms with Crippen molar-refractivity contribution in [1.82, 2.24) is 15.6 Å². The standard InChI is InChI=1S/C24H30N4O4/c29-21(11-5-4-10-19-13-12-17-9-6-15-26-22(17)27-19)25-16-14-20(24(31)32)28-23(30)18-7-2-1-3-8-18/h1-3,7-8,12-13,20H,4-6,9-11,14-16H2,(H,25,29)(H,26,27)(H,28,30)(H,31,32). The van der Waals surface area contributed by atoms with Crippen LogP contribution in [0.1, 0.15) is 53.7 Å². The summed E-state index contributed by atoms with van der Waals surface area (Å²) < 4.78 is 0.